The molecule has 0 saturated heterocycles. The summed E-state index contributed by atoms with van der Waals surface area (Å²) in [7, 11) is -3.65. The quantitative estimate of drug-likeness (QED) is 0.841. The summed E-state index contributed by atoms with van der Waals surface area (Å²) in [4.78, 5) is 3.75. The van der Waals surface area contributed by atoms with Gasteiger partial charge in [-0.2, -0.15) is 11.3 Å². The molecular formula is C12H12Cl2N2O2S2. The summed E-state index contributed by atoms with van der Waals surface area (Å²) < 4.78 is 27.0. The van der Waals surface area contributed by atoms with E-state index in [0.717, 1.165) is 5.56 Å². The Kier molecular flexibility index (Phi) is 5.04. The summed E-state index contributed by atoms with van der Waals surface area (Å²) in [5, 5.41) is 4.14. The molecule has 0 bridgehead atoms. The Bertz CT molecular complexity index is 687. The molecule has 4 nitrogen and oxygen atoms in total. The molecule has 2 aromatic rings. The van der Waals surface area contributed by atoms with E-state index in [1.54, 1.807) is 18.3 Å². The Morgan fingerprint density at radius 1 is 1.45 bits per heavy atom. The van der Waals surface area contributed by atoms with E-state index >= 15 is 0 Å². The van der Waals surface area contributed by atoms with Gasteiger partial charge in [0.05, 0.1) is 5.02 Å². The van der Waals surface area contributed by atoms with Crippen molar-refractivity contribution >= 4 is 44.6 Å². The number of sulfonamides is 1. The number of halogens is 2. The maximum Gasteiger partial charge on any atom is 0.242 e. The van der Waals surface area contributed by atoms with Gasteiger partial charge in [0, 0.05) is 12.2 Å². The molecule has 1 N–H and O–H groups in total. The first-order chi connectivity index (χ1) is 9.38. The number of rotatable bonds is 5. The molecule has 2 heterocycles. The third-order valence-corrected chi connectivity index (χ3v) is 5.53. The van der Waals surface area contributed by atoms with E-state index in [1.807, 2.05) is 16.8 Å². The maximum absolute atomic E-state index is 12.2. The number of thiophene rings is 1. The molecule has 108 valence electrons. The first-order valence-electron chi connectivity index (χ1n) is 5.73. The van der Waals surface area contributed by atoms with E-state index in [4.69, 9.17) is 23.2 Å². The minimum atomic E-state index is -3.65. The SMILES string of the molecule is CC(Cc1ccsc1)NS(=O)(=O)c1cnc(Cl)c(Cl)c1. The van der Waals surface area contributed by atoms with Gasteiger partial charge in [0.2, 0.25) is 10.0 Å². The molecule has 0 fully saturated rings. The zero-order chi connectivity index (χ0) is 14.8. The number of pyridine rings is 1. The average molecular weight is 351 g/mol. The average Bonchev–Trinajstić information content (AvgIpc) is 2.84. The molecule has 0 spiro atoms. The molecule has 0 saturated carbocycles. The van der Waals surface area contributed by atoms with Gasteiger partial charge in [-0.15, -0.1) is 0 Å². The first-order valence-corrected chi connectivity index (χ1v) is 8.91. The van der Waals surface area contributed by atoms with E-state index in [2.05, 4.69) is 9.71 Å². The summed E-state index contributed by atoms with van der Waals surface area (Å²) in [5.41, 5.74) is 1.09. The fourth-order valence-electron chi connectivity index (χ4n) is 1.69. The van der Waals surface area contributed by atoms with Crippen LogP contribution in [-0.4, -0.2) is 19.4 Å². The van der Waals surface area contributed by atoms with E-state index < -0.39 is 10.0 Å². The van der Waals surface area contributed by atoms with Crippen molar-refractivity contribution in [2.24, 2.45) is 0 Å². The first kappa shape index (κ1) is 15.7. The fourth-order valence-corrected chi connectivity index (χ4v) is 3.92. The van der Waals surface area contributed by atoms with Gasteiger partial charge < -0.3 is 0 Å². The highest BCUT2D eigenvalue weighted by molar-refractivity contribution is 7.89. The van der Waals surface area contributed by atoms with Crippen LogP contribution in [0.3, 0.4) is 0 Å². The summed E-state index contributed by atoms with van der Waals surface area (Å²) in [6.45, 7) is 1.81. The van der Waals surface area contributed by atoms with Crippen LogP contribution in [0.25, 0.3) is 0 Å². The van der Waals surface area contributed by atoms with Crippen LogP contribution in [0.2, 0.25) is 10.2 Å². The van der Waals surface area contributed by atoms with Crippen molar-refractivity contribution in [3.8, 4) is 0 Å². The van der Waals surface area contributed by atoms with Crippen molar-refractivity contribution in [1.29, 1.82) is 0 Å². The number of nitrogens with zero attached hydrogens (tertiary/aromatic N) is 1. The molecule has 0 aliphatic carbocycles. The molecular weight excluding hydrogens is 339 g/mol. The predicted molar refractivity (Wildman–Crippen MR) is 82.1 cm³/mol. The predicted octanol–water partition coefficient (Wildman–Crippen LogP) is 3.36. The molecule has 0 aromatic carbocycles. The maximum atomic E-state index is 12.2. The smallest absolute Gasteiger partial charge is 0.242 e. The second-order valence-corrected chi connectivity index (χ2v) is 7.56. The van der Waals surface area contributed by atoms with Gasteiger partial charge in [-0.05, 0) is 41.8 Å². The summed E-state index contributed by atoms with van der Waals surface area (Å²) in [5.74, 6) is 0. The Labute approximate surface area is 131 Å². The Morgan fingerprint density at radius 3 is 2.80 bits per heavy atom. The fraction of sp³-hybridized carbons (Fsp3) is 0.250. The zero-order valence-corrected chi connectivity index (χ0v) is 13.7. The van der Waals surface area contributed by atoms with Crippen molar-refractivity contribution in [2.45, 2.75) is 24.3 Å². The summed E-state index contributed by atoms with van der Waals surface area (Å²) >= 11 is 13.0. The second kappa shape index (κ2) is 6.41. The van der Waals surface area contributed by atoms with Crippen LogP contribution in [0.4, 0.5) is 0 Å². The van der Waals surface area contributed by atoms with Crippen LogP contribution in [0, 0.1) is 0 Å². The highest BCUT2D eigenvalue weighted by atomic mass is 35.5. The molecule has 2 aromatic heterocycles. The lowest BCUT2D eigenvalue weighted by molar-refractivity contribution is 0.559. The van der Waals surface area contributed by atoms with Gasteiger partial charge in [-0.3, -0.25) is 0 Å². The zero-order valence-electron chi connectivity index (χ0n) is 10.5. The van der Waals surface area contributed by atoms with Gasteiger partial charge in [-0.1, -0.05) is 23.2 Å². The van der Waals surface area contributed by atoms with Crippen LogP contribution < -0.4 is 4.72 Å². The minimum absolute atomic E-state index is 0.00377. The normalized spacial score (nSPS) is 13.3. The van der Waals surface area contributed by atoms with Crippen molar-refractivity contribution in [3.63, 3.8) is 0 Å². The van der Waals surface area contributed by atoms with Crippen molar-refractivity contribution < 1.29 is 8.42 Å². The van der Waals surface area contributed by atoms with Crippen LogP contribution in [0.1, 0.15) is 12.5 Å². The highest BCUT2D eigenvalue weighted by Crippen LogP contribution is 2.22. The van der Waals surface area contributed by atoms with Crippen LogP contribution in [0.5, 0.6) is 0 Å². The summed E-state index contributed by atoms with van der Waals surface area (Å²) in [6, 6.07) is 3.02. The van der Waals surface area contributed by atoms with Gasteiger partial charge in [-0.25, -0.2) is 18.1 Å². The highest BCUT2D eigenvalue weighted by Gasteiger charge is 2.19. The van der Waals surface area contributed by atoms with Crippen molar-refractivity contribution in [2.75, 3.05) is 0 Å². The topological polar surface area (TPSA) is 59.1 Å². The lowest BCUT2D eigenvalue weighted by atomic mass is 10.1. The van der Waals surface area contributed by atoms with E-state index in [-0.39, 0.29) is 21.1 Å². The molecule has 0 aliphatic heterocycles. The third-order valence-electron chi connectivity index (χ3n) is 2.56. The molecule has 8 heteroatoms. The minimum Gasteiger partial charge on any atom is -0.242 e. The number of hydrogen-bond donors (Lipinski definition) is 1. The molecule has 1 atom stereocenters. The van der Waals surface area contributed by atoms with Crippen LogP contribution in [0.15, 0.2) is 34.0 Å². The lowest BCUT2D eigenvalue weighted by Crippen LogP contribution is -2.34. The Hall–Kier alpha value is -0.660. The largest absolute Gasteiger partial charge is 0.242 e. The number of aromatic nitrogens is 1. The molecule has 0 amide bonds. The molecule has 0 aliphatic rings. The van der Waals surface area contributed by atoms with Gasteiger partial charge in [0.1, 0.15) is 10.0 Å². The van der Waals surface area contributed by atoms with Crippen LogP contribution in [-0.2, 0) is 16.4 Å². The monoisotopic (exact) mass is 350 g/mol. The molecule has 0 radical (unpaired) electrons. The van der Waals surface area contributed by atoms with E-state index in [0.29, 0.717) is 6.42 Å². The van der Waals surface area contributed by atoms with E-state index in [1.165, 1.54) is 12.3 Å². The summed E-state index contributed by atoms with van der Waals surface area (Å²) in [6.07, 6.45) is 1.81. The van der Waals surface area contributed by atoms with E-state index in [9.17, 15) is 8.42 Å². The number of hydrogen-bond acceptors (Lipinski definition) is 4. The Balaban J connectivity index is 2.12. The van der Waals surface area contributed by atoms with Crippen molar-refractivity contribution in [3.05, 3.63) is 44.8 Å². The molecule has 1 unspecified atom stereocenters. The Morgan fingerprint density at radius 2 is 2.20 bits per heavy atom. The van der Waals surface area contributed by atoms with Gasteiger partial charge in [0.15, 0.2) is 0 Å². The van der Waals surface area contributed by atoms with Gasteiger partial charge in [0.25, 0.3) is 0 Å². The molecule has 2 rings (SSSR count). The second-order valence-electron chi connectivity index (χ2n) is 4.30. The van der Waals surface area contributed by atoms with Crippen molar-refractivity contribution in [1.82, 2.24) is 9.71 Å². The molecule has 20 heavy (non-hydrogen) atoms. The standard InChI is InChI=1S/C12H12Cl2N2O2S2/c1-8(4-9-2-3-19-7-9)16-20(17,18)10-5-11(13)12(14)15-6-10/h2-3,5-8,16H,4H2,1H3. The van der Waals surface area contributed by atoms with Crippen LogP contribution >= 0.6 is 34.5 Å². The van der Waals surface area contributed by atoms with Gasteiger partial charge >= 0.3 is 0 Å². The third kappa shape index (κ3) is 3.93. The lowest BCUT2D eigenvalue weighted by Gasteiger charge is -2.13. The number of nitrogens with one attached hydrogen (secondary N) is 1.